The van der Waals surface area contributed by atoms with Crippen LogP contribution in [0.1, 0.15) is 13.3 Å². The Balaban J connectivity index is 2.60. The molecule has 0 bridgehead atoms. The average molecular weight is 317 g/mol. The number of hydrogen-bond acceptors (Lipinski definition) is 1. The highest BCUT2D eigenvalue weighted by molar-refractivity contribution is 9.11. The van der Waals surface area contributed by atoms with Gasteiger partial charge in [0.25, 0.3) is 0 Å². The Morgan fingerprint density at radius 3 is 2.50 bits per heavy atom. The fourth-order valence-corrected chi connectivity index (χ4v) is 2.32. The number of nitrogens with one attached hydrogen (secondary N) is 1. The van der Waals surface area contributed by atoms with Gasteiger partial charge in [0.2, 0.25) is 0 Å². The van der Waals surface area contributed by atoms with E-state index in [2.05, 4.69) is 49.0 Å². The molecule has 0 unspecified atom stereocenters. The third-order valence-electron chi connectivity index (χ3n) is 1.69. The van der Waals surface area contributed by atoms with Crippen molar-refractivity contribution in [3.05, 3.63) is 27.1 Å². The Morgan fingerprint density at radius 2 is 1.93 bits per heavy atom. The van der Waals surface area contributed by atoms with Crippen LogP contribution in [-0.2, 0) is 0 Å². The van der Waals surface area contributed by atoms with E-state index in [0.717, 1.165) is 27.6 Å². The molecule has 1 aromatic carbocycles. The lowest BCUT2D eigenvalue weighted by molar-refractivity contribution is 1.09. The van der Waals surface area contributed by atoms with E-state index in [9.17, 15) is 0 Å². The number of hydrogen-bond donors (Lipinski definition) is 1. The standard InChI is InChI=1S/C11H11Br2N/c1-2-3-4-8-14-11-9(12)6-5-7-10(11)13/h5-7,14H,4,8H2,1H3. The van der Waals surface area contributed by atoms with Crippen molar-refractivity contribution in [2.45, 2.75) is 13.3 Å². The van der Waals surface area contributed by atoms with Crippen LogP contribution in [0, 0.1) is 11.8 Å². The van der Waals surface area contributed by atoms with Gasteiger partial charge in [-0.3, -0.25) is 0 Å². The molecule has 0 saturated heterocycles. The van der Waals surface area contributed by atoms with Crippen molar-refractivity contribution in [3.8, 4) is 11.8 Å². The molecule has 0 amide bonds. The first-order valence-electron chi connectivity index (χ1n) is 4.33. The van der Waals surface area contributed by atoms with E-state index in [-0.39, 0.29) is 0 Å². The molecule has 14 heavy (non-hydrogen) atoms. The SMILES string of the molecule is CC#CCCNc1c(Br)cccc1Br. The minimum Gasteiger partial charge on any atom is -0.382 e. The molecule has 3 heteroatoms. The maximum Gasteiger partial charge on any atom is 0.0629 e. The average Bonchev–Trinajstić information content (AvgIpc) is 2.16. The molecule has 1 aromatic rings. The number of halogens is 2. The molecule has 0 aliphatic heterocycles. The van der Waals surface area contributed by atoms with Crippen molar-refractivity contribution in [2.24, 2.45) is 0 Å². The Morgan fingerprint density at radius 1 is 1.29 bits per heavy atom. The smallest absolute Gasteiger partial charge is 0.0629 e. The molecular weight excluding hydrogens is 306 g/mol. The molecule has 0 radical (unpaired) electrons. The molecular formula is C11H11Br2N. The van der Waals surface area contributed by atoms with E-state index in [1.54, 1.807) is 0 Å². The van der Waals surface area contributed by atoms with Gasteiger partial charge < -0.3 is 5.32 Å². The van der Waals surface area contributed by atoms with E-state index in [1.807, 2.05) is 25.1 Å². The summed E-state index contributed by atoms with van der Waals surface area (Å²) in [6, 6.07) is 6.02. The van der Waals surface area contributed by atoms with Crippen molar-refractivity contribution in [2.75, 3.05) is 11.9 Å². The van der Waals surface area contributed by atoms with Gasteiger partial charge in [0, 0.05) is 21.9 Å². The van der Waals surface area contributed by atoms with E-state index in [1.165, 1.54) is 0 Å². The number of rotatable bonds is 3. The highest BCUT2D eigenvalue weighted by Crippen LogP contribution is 2.30. The van der Waals surface area contributed by atoms with Crippen molar-refractivity contribution >= 4 is 37.5 Å². The lowest BCUT2D eigenvalue weighted by Gasteiger charge is -2.08. The van der Waals surface area contributed by atoms with Gasteiger partial charge in [0.15, 0.2) is 0 Å². The highest BCUT2D eigenvalue weighted by Gasteiger charge is 2.01. The minimum atomic E-state index is 0.863. The fraction of sp³-hybridized carbons (Fsp3) is 0.273. The van der Waals surface area contributed by atoms with Crippen LogP contribution in [0.5, 0.6) is 0 Å². The molecule has 1 N–H and O–H groups in total. The van der Waals surface area contributed by atoms with Crippen molar-refractivity contribution < 1.29 is 0 Å². The summed E-state index contributed by atoms with van der Waals surface area (Å²) < 4.78 is 2.13. The van der Waals surface area contributed by atoms with E-state index in [4.69, 9.17) is 0 Å². The summed E-state index contributed by atoms with van der Waals surface area (Å²) in [5.74, 6) is 5.88. The van der Waals surface area contributed by atoms with Crippen LogP contribution < -0.4 is 5.32 Å². The van der Waals surface area contributed by atoms with Gasteiger partial charge in [0.05, 0.1) is 5.69 Å². The minimum absolute atomic E-state index is 0.863. The van der Waals surface area contributed by atoms with Crippen molar-refractivity contribution in [1.29, 1.82) is 0 Å². The molecule has 0 spiro atoms. The highest BCUT2D eigenvalue weighted by atomic mass is 79.9. The van der Waals surface area contributed by atoms with Crippen LogP contribution in [0.15, 0.2) is 27.1 Å². The van der Waals surface area contributed by atoms with Gasteiger partial charge in [0.1, 0.15) is 0 Å². The van der Waals surface area contributed by atoms with Crippen molar-refractivity contribution in [1.82, 2.24) is 0 Å². The van der Waals surface area contributed by atoms with Crippen LogP contribution in [0.2, 0.25) is 0 Å². The summed E-state index contributed by atoms with van der Waals surface area (Å²) in [5.41, 5.74) is 1.09. The van der Waals surface area contributed by atoms with Gasteiger partial charge >= 0.3 is 0 Å². The van der Waals surface area contributed by atoms with Gasteiger partial charge in [-0.2, -0.15) is 0 Å². The summed E-state index contributed by atoms with van der Waals surface area (Å²) in [7, 11) is 0. The van der Waals surface area contributed by atoms with E-state index < -0.39 is 0 Å². The second kappa shape index (κ2) is 6.10. The monoisotopic (exact) mass is 315 g/mol. The topological polar surface area (TPSA) is 12.0 Å². The first-order chi connectivity index (χ1) is 6.75. The zero-order valence-corrected chi connectivity index (χ0v) is 11.1. The van der Waals surface area contributed by atoms with E-state index in [0.29, 0.717) is 0 Å². The zero-order valence-electron chi connectivity index (χ0n) is 7.90. The molecule has 74 valence electrons. The number of para-hydroxylation sites is 1. The molecule has 1 rings (SSSR count). The molecule has 0 aliphatic carbocycles. The predicted octanol–water partition coefficient (Wildman–Crippen LogP) is 4.04. The lowest BCUT2D eigenvalue weighted by atomic mass is 10.3. The second-order valence-corrected chi connectivity index (χ2v) is 4.41. The summed E-state index contributed by atoms with van der Waals surface area (Å²) in [6.07, 6.45) is 0.865. The Kier molecular flexibility index (Phi) is 5.06. The largest absolute Gasteiger partial charge is 0.382 e. The summed E-state index contributed by atoms with van der Waals surface area (Å²) in [5, 5.41) is 3.32. The molecule has 0 aliphatic rings. The van der Waals surface area contributed by atoms with Crippen LogP contribution in [0.25, 0.3) is 0 Å². The predicted molar refractivity (Wildman–Crippen MR) is 68.4 cm³/mol. The quantitative estimate of drug-likeness (QED) is 0.655. The normalized spacial score (nSPS) is 9.07. The van der Waals surface area contributed by atoms with Gasteiger partial charge in [-0.1, -0.05) is 6.07 Å². The maximum absolute atomic E-state index is 3.49. The first-order valence-corrected chi connectivity index (χ1v) is 5.92. The van der Waals surface area contributed by atoms with Gasteiger partial charge in [-0.25, -0.2) is 0 Å². The first kappa shape index (κ1) is 11.6. The summed E-state index contributed by atoms with van der Waals surface area (Å²) in [6.45, 7) is 2.72. The Labute approximate surface area is 102 Å². The maximum atomic E-state index is 3.49. The van der Waals surface area contributed by atoms with Crippen LogP contribution in [0.3, 0.4) is 0 Å². The summed E-state index contributed by atoms with van der Waals surface area (Å²) in [4.78, 5) is 0. The lowest BCUT2D eigenvalue weighted by Crippen LogP contribution is -2.01. The Hall–Kier alpha value is -0.460. The number of benzene rings is 1. The zero-order chi connectivity index (χ0) is 10.4. The number of anilines is 1. The molecule has 0 saturated carbocycles. The van der Waals surface area contributed by atoms with Gasteiger partial charge in [-0.15, -0.1) is 11.8 Å². The molecule has 0 atom stereocenters. The molecule has 0 aromatic heterocycles. The van der Waals surface area contributed by atoms with Crippen LogP contribution in [-0.4, -0.2) is 6.54 Å². The molecule has 0 heterocycles. The van der Waals surface area contributed by atoms with Crippen LogP contribution in [0.4, 0.5) is 5.69 Å². The third-order valence-corrected chi connectivity index (χ3v) is 3.01. The molecule has 1 nitrogen and oxygen atoms in total. The fourth-order valence-electron chi connectivity index (χ4n) is 1.04. The van der Waals surface area contributed by atoms with Gasteiger partial charge in [-0.05, 0) is 50.9 Å². The summed E-state index contributed by atoms with van der Waals surface area (Å²) >= 11 is 6.98. The molecule has 0 fully saturated rings. The van der Waals surface area contributed by atoms with Crippen LogP contribution >= 0.6 is 31.9 Å². The van der Waals surface area contributed by atoms with Crippen molar-refractivity contribution in [3.63, 3.8) is 0 Å². The van der Waals surface area contributed by atoms with E-state index >= 15 is 0 Å². The second-order valence-electron chi connectivity index (χ2n) is 2.70. The third kappa shape index (κ3) is 3.36. The Bertz CT molecular complexity index is 343.